The van der Waals surface area contributed by atoms with Gasteiger partial charge in [0, 0.05) is 0 Å². The maximum Gasteiger partial charge on any atom is 0.313 e. The largest absolute Gasteiger partial charge is 0.481 e. The van der Waals surface area contributed by atoms with Crippen molar-refractivity contribution in [3.05, 3.63) is 41.7 Å². The summed E-state index contributed by atoms with van der Waals surface area (Å²) in [5, 5.41) is 17.3. The van der Waals surface area contributed by atoms with Gasteiger partial charge in [0.05, 0.1) is 12.3 Å². The van der Waals surface area contributed by atoms with Crippen LogP contribution in [0.15, 0.2) is 35.5 Å². The number of thioether (sulfide) groups is 1. The molecule has 0 radical (unpaired) electrons. The molecule has 0 bridgehead atoms. The first kappa shape index (κ1) is 12.6. The number of aromatic nitrogens is 3. The van der Waals surface area contributed by atoms with E-state index < -0.39 is 5.97 Å². The topological polar surface area (TPSA) is 68.0 Å². The number of rotatable bonds is 5. The Morgan fingerprint density at radius 2 is 2.06 bits per heavy atom. The van der Waals surface area contributed by atoms with E-state index >= 15 is 0 Å². The van der Waals surface area contributed by atoms with Crippen molar-refractivity contribution in [2.75, 3.05) is 5.75 Å². The van der Waals surface area contributed by atoms with Crippen LogP contribution in [0.1, 0.15) is 11.4 Å². The van der Waals surface area contributed by atoms with Gasteiger partial charge in [-0.25, -0.2) is 0 Å². The van der Waals surface area contributed by atoms with E-state index in [2.05, 4.69) is 10.2 Å². The number of carboxylic acids is 1. The molecule has 0 amide bonds. The quantitative estimate of drug-likeness (QED) is 0.833. The molecule has 1 heterocycles. The Hall–Kier alpha value is -1.82. The van der Waals surface area contributed by atoms with Crippen LogP contribution in [0.3, 0.4) is 0 Å². The number of benzene rings is 1. The minimum absolute atomic E-state index is 0.00702. The third-order valence-electron chi connectivity index (χ3n) is 2.41. The lowest BCUT2D eigenvalue weighted by molar-refractivity contribution is -0.133. The Balaban J connectivity index is 2.16. The zero-order valence-electron chi connectivity index (χ0n) is 9.91. The number of carboxylic acid groups (broad SMARTS) is 1. The predicted molar refractivity (Wildman–Crippen MR) is 68.7 cm³/mol. The lowest BCUT2D eigenvalue weighted by Gasteiger charge is -2.07. The Kier molecular flexibility index (Phi) is 3.99. The number of hydrogen-bond donors (Lipinski definition) is 1. The molecule has 2 rings (SSSR count). The Labute approximate surface area is 109 Å². The molecule has 0 saturated heterocycles. The van der Waals surface area contributed by atoms with Crippen LogP contribution in [-0.4, -0.2) is 31.6 Å². The van der Waals surface area contributed by atoms with E-state index in [9.17, 15) is 4.79 Å². The molecule has 5 nitrogen and oxygen atoms in total. The highest BCUT2D eigenvalue weighted by Gasteiger charge is 2.11. The van der Waals surface area contributed by atoms with Gasteiger partial charge in [0.15, 0.2) is 5.16 Å². The minimum atomic E-state index is -0.855. The average molecular weight is 263 g/mol. The number of aryl methyl sites for hydroxylation is 1. The van der Waals surface area contributed by atoms with Gasteiger partial charge < -0.3 is 9.67 Å². The Bertz CT molecular complexity index is 540. The van der Waals surface area contributed by atoms with Gasteiger partial charge in [-0.05, 0) is 12.5 Å². The molecule has 2 aromatic rings. The molecule has 0 atom stereocenters. The molecule has 1 aromatic heterocycles. The normalized spacial score (nSPS) is 10.5. The zero-order chi connectivity index (χ0) is 13.0. The molecule has 0 fully saturated rings. The third kappa shape index (κ3) is 3.10. The number of hydrogen-bond acceptors (Lipinski definition) is 4. The highest BCUT2D eigenvalue weighted by atomic mass is 32.2. The average Bonchev–Trinajstić information content (AvgIpc) is 2.70. The SMILES string of the molecule is Cc1nnc(SCC(=O)O)n1Cc1ccccc1. The van der Waals surface area contributed by atoms with Crippen LogP contribution in [-0.2, 0) is 11.3 Å². The van der Waals surface area contributed by atoms with Crippen molar-refractivity contribution in [2.24, 2.45) is 0 Å². The molecule has 6 heteroatoms. The summed E-state index contributed by atoms with van der Waals surface area (Å²) in [7, 11) is 0. The van der Waals surface area contributed by atoms with E-state index in [0.29, 0.717) is 11.7 Å². The maximum absolute atomic E-state index is 10.6. The molecule has 0 aliphatic carbocycles. The number of carbonyl (C=O) groups is 1. The third-order valence-corrected chi connectivity index (χ3v) is 3.36. The maximum atomic E-state index is 10.6. The summed E-state index contributed by atoms with van der Waals surface area (Å²) in [4.78, 5) is 10.6. The van der Waals surface area contributed by atoms with Crippen molar-refractivity contribution in [3.63, 3.8) is 0 Å². The molecule has 1 N–H and O–H groups in total. The molecule has 18 heavy (non-hydrogen) atoms. The van der Waals surface area contributed by atoms with Gasteiger partial charge in [0.2, 0.25) is 0 Å². The first-order valence-electron chi connectivity index (χ1n) is 5.45. The summed E-state index contributed by atoms with van der Waals surface area (Å²) in [5.41, 5.74) is 1.14. The molecule has 0 aliphatic heterocycles. The summed E-state index contributed by atoms with van der Waals surface area (Å²) in [6.07, 6.45) is 0. The van der Waals surface area contributed by atoms with Crippen LogP contribution >= 0.6 is 11.8 Å². The zero-order valence-corrected chi connectivity index (χ0v) is 10.7. The first-order valence-corrected chi connectivity index (χ1v) is 6.43. The van der Waals surface area contributed by atoms with Crippen LogP contribution in [0.25, 0.3) is 0 Å². The van der Waals surface area contributed by atoms with Gasteiger partial charge in [-0.15, -0.1) is 10.2 Å². The van der Waals surface area contributed by atoms with E-state index in [1.807, 2.05) is 41.8 Å². The second kappa shape index (κ2) is 5.68. The van der Waals surface area contributed by atoms with Crippen molar-refractivity contribution in [1.82, 2.24) is 14.8 Å². The van der Waals surface area contributed by atoms with Gasteiger partial charge >= 0.3 is 5.97 Å². The van der Waals surface area contributed by atoms with Crippen LogP contribution in [0.2, 0.25) is 0 Å². The molecule has 0 aliphatic rings. The van der Waals surface area contributed by atoms with Gasteiger partial charge in [0.25, 0.3) is 0 Å². The van der Waals surface area contributed by atoms with Crippen molar-refractivity contribution in [3.8, 4) is 0 Å². The highest BCUT2D eigenvalue weighted by molar-refractivity contribution is 7.99. The summed E-state index contributed by atoms with van der Waals surface area (Å²) in [6.45, 7) is 2.52. The lowest BCUT2D eigenvalue weighted by atomic mass is 10.2. The van der Waals surface area contributed by atoms with Gasteiger partial charge in [-0.2, -0.15) is 0 Å². The van der Waals surface area contributed by atoms with Crippen molar-refractivity contribution < 1.29 is 9.90 Å². The van der Waals surface area contributed by atoms with Crippen molar-refractivity contribution >= 4 is 17.7 Å². The van der Waals surface area contributed by atoms with Crippen molar-refractivity contribution in [1.29, 1.82) is 0 Å². The van der Waals surface area contributed by atoms with Gasteiger partial charge in [0.1, 0.15) is 5.82 Å². The molecular formula is C12H13N3O2S. The molecule has 0 saturated carbocycles. The standard InChI is InChI=1S/C12H13N3O2S/c1-9-13-14-12(18-8-11(16)17)15(9)7-10-5-3-2-4-6-10/h2-6H,7-8H2,1H3,(H,16,17). The number of nitrogens with zero attached hydrogens (tertiary/aromatic N) is 3. The highest BCUT2D eigenvalue weighted by Crippen LogP contribution is 2.18. The van der Waals surface area contributed by atoms with E-state index in [1.54, 1.807) is 0 Å². The summed E-state index contributed by atoms with van der Waals surface area (Å²) in [5.74, 6) is -0.0777. The summed E-state index contributed by atoms with van der Waals surface area (Å²) < 4.78 is 1.92. The summed E-state index contributed by atoms with van der Waals surface area (Å²) >= 11 is 1.19. The molecular weight excluding hydrogens is 250 g/mol. The first-order chi connectivity index (χ1) is 8.66. The lowest BCUT2D eigenvalue weighted by Crippen LogP contribution is -2.05. The van der Waals surface area contributed by atoms with Crippen molar-refractivity contribution in [2.45, 2.75) is 18.6 Å². The monoisotopic (exact) mass is 263 g/mol. The molecule has 1 aromatic carbocycles. The van der Waals surface area contributed by atoms with E-state index in [-0.39, 0.29) is 5.75 Å². The molecule has 0 unspecified atom stereocenters. The fourth-order valence-electron chi connectivity index (χ4n) is 1.54. The second-order valence-electron chi connectivity index (χ2n) is 3.78. The van der Waals surface area contributed by atoms with Gasteiger partial charge in [-0.1, -0.05) is 42.1 Å². The van der Waals surface area contributed by atoms with E-state index in [0.717, 1.165) is 11.4 Å². The van der Waals surface area contributed by atoms with Crippen LogP contribution in [0.4, 0.5) is 0 Å². The van der Waals surface area contributed by atoms with Crippen LogP contribution in [0, 0.1) is 6.92 Å². The van der Waals surface area contributed by atoms with E-state index in [1.165, 1.54) is 11.8 Å². The predicted octanol–water partition coefficient (Wildman–Crippen LogP) is 1.81. The minimum Gasteiger partial charge on any atom is -0.481 e. The number of aliphatic carboxylic acids is 1. The molecule has 94 valence electrons. The second-order valence-corrected chi connectivity index (χ2v) is 4.73. The Morgan fingerprint density at radius 3 is 2.72 bits per heavy atom. The fraction of sp³-hybridized carbons (Fsp3) is 0.250. The van der Waals surface area contributed by atoms with Crippen LogP contribution < -0.4 is 0 Å². The Morgan fingerprint density at radius 1 is 1.33 bits per heavy atom. The smallest absolute Gasteiger partial charge is 0.313 e. The fourth-order valence-corrected chi connectivity index (χ4v) is 2.25. The van der Waals surface area contributed by atoms with Gasteiger partial charge in [-0.3, -0.25) is 4.79 Å². The molecule has 0 spiro atoms. The summed E-state index contributed by atoms with van der Waals surface area (Å²) in [6, 6.07) is 9.94. The van der Waals surface area contributed by atoms with E-state index in [4.69, 9.17) is 5.11 Å². The van der Waals surface area contributed by atoms with Crippen LogP contribution in [0.5, 0.6) is 0 Å².